The summed E-state index contributed by atoms with van der Waals surface area (Å²) in [6, 6.07) is 6.29. The number of benzene rings is 1. The second-order valence-corrected chi connectivity index (χ2v) is 6.90. The summed E-state index contributed by atoms with van der Waals surface area (Å²) in [6.45, 7) is 3.35. The van der Waals surface area contributed by atoms with E-state index >= 15 is 0 Å². The number of quaternary nitrogens is 1. The van der Waals surface area contributed by atoms with Crippen molar-refractivity contribution in [3.05, 3.63) is 24.3 Å². The van der Waals surface area contributed by atoms with E-state index in [2.05, 4.69) is 5.32 Å². The molecular formula is C13H19N2O4S+. The molecule has 0 spiro atoms. The molecule has 0 radical (unpaired) electrons. The van der Waals surface area contributed by atoms with Crippen LogP contribution in [0.25, 0.3) is 0 Å². The Morgan fingerprint density at radius 2 is 2.05 bits per heavy atom. The minimum absolute atomic E-state index is 0.118. The predicted molar refractivity (Wildman–Crippen MR) is 74.6 cm³/mol. The summed E-state index contributed by atoms with van der Waals surface area (Å²) in [5, 5.41) is 2.74. The van der Waals surface area contributed by atoms with Crippen molar-refractivity contribution in [2.75, 3.05) is 44.4 Å². The van der Waals surface area contributed by atoms with Crippen molar-refractivity contribution in [1.82, 2.24) is 0 Å². The number of carbonyl (C=O) groups is 1. The number of ether oxygens (including phenoxy) is 1. The maximum atomic E-state index is 11.9. The first-order valence-electron chi connectivity index (χ1n) is 6.46. The largest absolute Gasteiger partial charge is 0.370 e. The van der Waals surface area contributed by atoms with E-state index in [0.717, 1.165) is 19.3 Å². The van der Waals surface area contributed by atoms with Crippen molar-refractivity contribution in [2.24, 2.45) is 0 Å². The predicted octanol–water partition coefficient (Wildman–Crippen LogP) is -1.06. The molecule has 6 nitrogen and oxygen atoms in total. The highest BCUT2D eigenvalue weighted by Crippen LogP contribution is 2.14. The maximum Gasteiger partial charge on any atom is 0.279 e. The molecule has 0 bridgehead atoms. The van der Waals surface area contributed by atoms with Gasteiger partial charge < -0.3 is 15.0 Å². The van der Waals surface area contributed by atoms with Crippen LogP contribution in [0.5, 0.6) is 0 Å². The van der Waals surface area contributed by atoms with Gasteiger partial charge in [-0.25, -0.2) is 8.42 Å². The van der Waals surface area contributed by atoms with Crippen LogP contribution in [0.3, 0.4) is 0 Å². The lowest BCUT2D eigenvalue weighted by Gasteiger charge is -2.23. The number of amides is 1. The summed E-state index contributed by atoms with van der Waals surface area (Å²) in [5.41, 5.74) is 0.505. The number of rotatable bonds is 4. The van der Waals surface area contributed by atoms with Gasteiger partial charge in [-0.05, 0) is 18.2 Å². The van der Waals surface area contributed by atoms with E-state index in [1.807, 2.05) is 0 Å². The summed E-state index contributed by atoms with van der Waals surface area (Å²) in [4.78, 5) is 13.3. The highest BCUT2D eigenvalue weighted by molar-refractivity contribution is 7.90. The van der Waals surface area contributed by atoms with E-state index in [4.69, 9.17) is 4.74 Å². The molecule has 1 aliphatic rings. The Labute approximate surface area is 118 Å². The Morgan fingerprint density at radius 1 is 1.35 bits per heavy atom. The minimum Gasteiger partial charge on any atom is -0.370 e. The van der Waals surface area contributed by atoms with Gasteiger partial charge in [-0.2, -0.15) is 0 Å². The third kappa shape index (κ3) is 4.29. The van der Waals surface area contributed by atoms with E-state index in [9.17, 15) is 13.2 Å². The van der Waals surface area contributed by atoms with Crippen LogP contribution in [0, 0.1) is 0 Å². The molecule has 1 aliphatic heterocycles. The number of anilines is 1. The lowest BCUT2D eigenvalue weighted by molar-refractivity contribution is -0.899. The minimum atomic E-state index is -3.26. The van der Waals surface area contributed by atoms with E-state index in [1.54, 1.807) is 12.1 Å². The SMILES string of the molecule is CS(=O)(=O)c1cccc(NC(=O)C[NH+]2CCOCC2)c1. The molecule has 1 aromatic carbocycles. The van der Waals surface area contributed by atoms with Gasteiger partial charge in [0.15, 0.2) is 16.4 Å². The zero-order chi connectivity index (χ0) is 14.6. The fourth-order valence-corrected chi connectivity index (χ4v) is 2.74. The molecule has 0 aromatic heterocycles. The van der Waals surface area contributed by atoms with Gasteiger partial charge in [0, 0.05) is 11.9 Å². The quantitative estimate of drug-likeness (QED) is 0.743. The van der Waals surface area contributed by atoms with Gasteiger partial charge in [0.2, 0.25) is 0 Å². The Balaban J connectivity index is 1.97. The van der Waals surface area contributed by atoms with Crippen LogP contribution in [0.4, 0.5) is 5.69 Å². The molecule has 20 heavy (non-hydrogen) atoms. The third-order valence-electron chi connectivity index (χ3n) is 3.16. The van der Waals surface area contributed by atoms with E-state index < -0.39 is 9.84 Å². The average molecular weight is 299 g/mol. The van der Waals surface area contributed by atoms with Crippen molar-refractivity contribution >= 4 is 21.4 Å². The zero-order valence-electron chi connectivity index (χ0n) is 11.4. The Hall–Kier alpha value is -1.44. The lowest BCUT2D eigenvalue weighted by Crippen LogP contribution is -3.15. The first kappa shape index (κ1) is 15.0. The van der Waals surface area contributed by atoms with Gasteiger partial charge >= 0.3 is 0 Å². The molecule has 0 unspecified atom stereocenters. The van der Waals surface area contributed by atoms with Crippen molar-refractivity contribution in [1.29, 1.82) is 0 Å². The van der Waals surface area contributed by atoms with Gasteiger partial charge in [0.25, 0.3) is 5.91 Å². The van der Waals surface area contributed by atoms with E-state index in [1.165, 1.54) is 17.0 Å². The lowest BCUT2D eigenvalue weighted by atomic mass is 10.3. The smallest absolute Gasteiger partial charge is 0.279 e. The first-order valence-corrected chi connectivity index (χ1v) is 8.35. The molecule has 7 heteroatoms. The topological polar surface area (TPSA) is 76.9 Å². The fraction of sp³-hybridized carbons (Fsp3) is 0.462. The fourth-order valence-electron chi connectivity index (χ4n) is 2.07. The van der Waals surface area contributed by atoms with Gasteiger partial charge in [0.05, 0.1) is 18.1 Å². The molecular weight excluding hydrogens is 280 g/mol. The van der Waals surface area contributed by atoms with Crippen molar-refractivity contribution in [2.45, 2.75) is 4.90 Å². The normalized spacial score (nSPS) is 16.9. The molecule has 0 aliphatic carbocycles. The number of nitrogens with one attached hydrogen (secondary N) is 2. The number of hydrogen-bond acceptors (Lipinski definition) is 4. The molecule has 1 amide bonds. The number of sulfone groups is 1. The Kier molecular flexibility index (Phi) is 4.74. The second kappa shape index (κ2) is 6.34. The number of hydrogen-bond donors (Lipinski definition) is 2. The van der Waals surface area contributed by atoms with Crippen LogP contribution in [0.1, 0.15) is 0 Å². The summed E-state index contributed by atoms with van der Waals surface area (Å²) in [6.07, 6.45) is 1.14. The van der Waals surface area contributed by atoms with Gasteiger partial charge in [-0.15, -0.1) is 0 Å². The van der Waals surface area contributed by atoms with Gasteiger partial charge in [-0.3, -0.25) is 4.79 Å². The van der Waals surface area contributed by atoms with E-state index in [0.29, 0.717) is 25.4 Å². The Morgan fingerprint density at radius 3 is 2.70 bits per heavy atom. The van der Waals surface area contributed by atoms with Crippen LogP contribution in [0.2, 0.25) is 0 Å². The molecule has 2 rings (SSSR count). The van der Waals surface area contributed by atoms with Crippen molar-refractivity contribution in [3.8, 4) is 0 Å². The third-order valence-corrected chi connectivity index (χ3v) is 4.27. The summed E-state index contributed by atoms with van der Waals surface area (Å²) < 4.78 is 28.1. The van der Waals surface area contributed by atoms with Gasteiger partial charge in [-0.1, -0.05) is 6.07 Å². The molecule has 1 heterocycles. The van der Waals surface area contributed by atoms with Crippen molar-refractivity contribution < 1.29 is 22.8 Å². The zero-order valence-corrected chi connectivity index (χ0v) is 12.2. The Bertz CT molecular complexity index is 580. The monoisotopic (exact) mass is 299 g/mol. The van der Waals surface area contributed by atoms with Crippen LogP contribution < -0.4 is 10.2 Å². The number of carbonyl (C=O) groups excluding carboxylic acids is 1. The van der Waals surface area contributed by atoms with Crippen LogP contribution >= 0.6 is 0 Å². The van der Waals surface area contributed by atoms with Crippen molar-refractivity contribution in [3.63, 3.8) is 0 Å². The number of morpholine rings is 1. The second-order valence-electron chi connectivity index (χ2n) is 4.89. The molecule has 1 saturated heterocycles. The molecule has 1 aromatic rings. The van der Waals surface area contributed by atoms with E-state index in [-0.39, 0.29) is 10.8 Å². The molecule has 0 atom stereocenters. The van der Waals surface area contributed by atoms with Crippen LogP contribution in [0.15, 0.2) is 29.2 Å². The summed E-state index contributed by atoms with van der Waals surface area (Å²) in [7, 11) is -3.26. The van der Waals surface area contributed by atoms with Crippen LogP contribution in [-0.2, 0) is 19.4 Å². The van der Waals surface area contributed by atoms with Gasteiger partial charge in [0.1, 0.15) is 13.1 Å². The molecule has 1 fully saturated rings. The summed E-state index contributed by atoms with van der Waals surface area (Å²) in [5.74, 6) is -0.118. The maximum absolute atomic E-state index is 11.9. The van der Waals surface area contributed by atoms with Crippen LogP contribution in [-0.4, -0.2) is 53.4 Å². The highest BCUT2D eigenvalue weighted by Gasteiger charge is 2.18. The first-order chi connectivity index (χ1) is 9.45. The standard InChI is InChI=1S/C13H18N2O4S/c1-20(17,18)12-4-2-3-11(9-12)14-13(16)10-15-5-7-19-8-6-15/h2-4,9H,5-8,10H2,1H3,(H,14,16)/p+1. The summed E-state index contributed by atoms with van der Waals surface area (Å²) >= 11 is 0. The average Bonchev–Trinajstić information content (AvgIpc) is 2.39. The molecule has 110 valence electrons. The molecule has 2 N–H and O–H groups in total. The highest BCUT2D eigenvalue weighted by atomic mass is 32.2. The molecule has 0 saturated carbocycles.